The molecule has 4 heteroatoms. The normalized spacial score (nSPS) is 28.4. The first-order valence-electron chi connectivity index (χ1n) is 6.59. The van der Waals surface area contributed by atoms with Crippen LogP contribution in [-0.2, 0) is 9.53 Å². The van der Waals surface area contributed by atoms with Crippen LogP contribution in [-0.4, -0.2) is 48.8 Å². The first-order chi connectivity index (χ1) is 8.13. The summed E-state index contributed by atoms with van der Waals surface area (Å²) in [6.07, 6.45) is 3.48. The molecule has 2 heterocycles. The van der Waals surface area contributed by atoms with Gasteiger partial charge in [-0.1, -0.05) is 6.92 Å². The smallest absolute Gasteiger partial charge is 0.222 e. The minimum atomic E-state index is 0.0211. The Morgan fingerprint density at radius 1 is 1.47 bits per heavy atom. The van der Waals surface area contributed by atoms with E-state index in [-0.39, 0.29) is 17.9 Å². The Balaban J connectivity index is 1.77. The highest BCUT2D eigenvalue weighted by Gasteiger charge is 2.32. The largest absolute Gasteiger partial charge is 0.396 e. The van der Waals surface area contributed by atoms with Gasteiger partial charge in [0.2, 0.25) is 5.91 Å². The van der Waals surface area contributed by atoms with Crippen molar-refractivity contribution >= 4 is 5.91 Å². The van der Waals surface area contributed by atoms with Gasteiger partial charge in [0.15, 0.2) is 0 Å². The molecule has 1 unspecified atom stereocenters. The van der Waals surface area contributed by atoms with E-state index >= 15 is 0 Å². The zero-order valence-corrected chi connectivity index (χ0v) is 10.7. The molecule has 0 aromatic rings. The van der Waals surface area contributed by atoms with Crippen LogP contribution in [0, 0.1) is 11.3 Å². The summed E-state index contributed by atoms with van der Waals surface area (Å²) in [5, 5.41) is 9.28. The summed E-state index contributed by atoms with van der Waals surface area (Å²) in [6.45, 7) is 5.46. The summed E-state index contributed by atoms with van der Waals surface area (Å²) < 4.78 is 5.29. The fourth-order valence-electron chi connectivity index (χ4n) is 2.57. The van der Waals surface area contributed by atoms with Crippen molar-refractivity contribution < 1.29 is 14.6 Å². The van der Waals surface area contributed by atoms with Crippen molar-refractivity contribution in [3.05, 3.63) is 0 Å². The minimum absolute atomic E-state index is 0.0211. The predicted octanol–water partition coefficient (Wildman–Crippen LogP) is 1.03. The van der Waals surface area contributed by atoms with E-state index in [9.17, 15) is 9.90 Å². The molecule has 2 aliphatic rings. The molecule has 2 rings (SSSR count). The molecule has 0 bridgehead atoms. The number of rotatable bonds is 3. The van der Waals surface area contributed by atoms with Crippen molar-refractivity contribution in [2.24, 2.45) is 11.3 Å². The average molecular weight is 241 g/mol. The molecule has 2 saturated heterocycles. The number of aliphatic hydroxyl groups is 1. The number of likely N-dealkylation sites (tertiary alicyclic amines) is 1. The molecule has 1 atom stereocenters. The second-order valence-electron chi connectivity index (χ2n) is 5.78. The molecular formula is C13H23NO3. The number of carbonyl (C=O) groups excluding carboxylic acids is 1. The third-order valence-electron chi connectivity index (χ3n) is 4.19. The average Bonchev–Trinajstić information content (AvgIpc) is 2.83. The molecule has 2 aliphatic heterocycles. The lowest BCUT2D eigenvalue weighted by Gasteiger charge is -2.38. The SMILES string of the molecule is CC1(CO)CCN(C(=O)CC2CCOC2)CC1. The number of piperidine rings is 1. The summed E-state index contributed by atoms with van der Waals surface area (Å²) in [5.74, 6) is 0.689. The van der Waals surface area contributed by atoms with Gasteiger partial charge in [-0.25, -0.2) is 0 Å². The maximum atomic E-state index is 12.1. The number of nitrogens with zero attached hydrogens (tertiary/aromatic N) is 1. The van der Waals surface area contributed by atoms with Crippen molar-refractivity contribution in [2.75, 3.05) is 32.9 Å². The van der Waals surface area contributed by atoms with Gasteiger partial charge in [0.25, 0.3) is 0 Å². The Labute approximate surface area is 103 Å². The van der Waals surface area contributed by atoms with Gasteiger partial charge in [0, 0.05) is 39.3 Å². The van der Waals surface area contributed by atoms with Gasteiger partial charge in [-0.3, -0.25) is 4.79 Å². The van der Waals surface area contributed by atoms with Gasteiger partial charge in [-0.2, -0.15) is 0 Å². The van der Waals surface area contributed by atoms with Gasteiger partial charge in [0.1, 0.15) is 0 Å². The van der Waals surface area contributed by atoms with E-state index < -0.39 is 0 Å². The topological polar surface area (TPSA) is 49.8 Å². The molecule has 0 aromatic heterocycles. The number of carbonyl (C=O) groups is 1. The Hall–Kier alpha value is -0.610. The molecule has 4 nitrogen and oxygen atoms in total. The summed E-state index contributed by atoms with van der Waals surface area (Å²) in [6, 6.07) is 0. The van der Waals surface area contributed by atoms with E-state index in [0.29, 0.717) is 12.3 Å². The van der Waals surface area contributed by atoms with E-state index in [1.807, 2.05) is 4.90 Å². The van der Waals surface area contributed by atoms with Crippen LogP contribution in [0.5, 0.6) is 0 Å². The van der Waals surface area contributed by atoms with Crippen LogP contribution in [0.2, 0.25) is 0 Å². The second kappa shape index (κ2) is 5.36. The summed E-state index contributed by atoms with van der Waals surface area (Å²) in [4.78, 5) is 14.0. The van der Waals surface area contributed by atoms with Crippen LogP contribution in [0.3, 0.4) is 0 Å². The van der Waals surface area contributed by atoms with Crippen LogP contribution in [0.1, 0.15) is 32.6 Å². The highest BCUT2D eigenvalue weighted by atomic mass is 16.5. The number of ether oxygens (including phenoxy) is 1. The van der Waals surface area contributed by atoms with Gasteiger partial charge in [0.05, 0.1) is 0 Å². The maximum Gasteiger partial charge on any atom is 0.222 e. The lowest BCUT2D eigenvalue weighted by Crippen LogP contribution is -2.43. The fourth-order valence-corrected chi connectivity index (χ4v) is 2.57. The van der Waals surface area contributed by atoms with Crippen molar-refractivity contribution in [3.63, 3.8) is 0 Å². The number of hydrogen-bond acceptors (Lipinski definition) is 3. The first kappa shape index (κ1) is 12.8. The Kier molecular flexibility index (Phi) is 4.05. The second-order valence-corrected chi connectivity index (χ2v) is 5.78. The molecule has 1 amide bonds. The van der Waals surface area contributed by atoms with E-state index in [1.54, 1.807) is 0 Å². The van der Waals surface area contributed by atoms with Crippen molar-refractivity contribution in [2.45, 2.75) is 32.6 Å². The highest BCUT2D eigenvalue weighted by molar-refractivity contribution is 5.76. The van der Waals surface area contributed by atoms with E-state index in [0.717, 1.165) is 45.6 Å². The van der Waals surface area contributed by atoms with Crippen molar-refractivity contribution in [1.82, 2.24) is 4.90 Å². The number of amides is 1. The molecule has 2 fully saturated rings. The molecule has 0 radical (unpaired) electrons. The third kappa shape index (κ3) is 3.19. The van der Waals surface area contributed by atoms with Crippen molar-refractivity contribution in [1.29, 1.82) is 0 Å². The molecule has 0 spiro atoms. The minimum Gasteiger partial charge on any atom is -0.396 e. The molecule has 0 saturated carbocycles. The number of aliphatic hydroxyl groups excluding tert-OH is 1. The van der Waals surface area contributed by atoms with E-state index in [4.69, 9.17) is 4.74 Å². The molecule has 17 heavy (non-hydrogen) atoms. The molecule has 98 valence electrons. The Morgan fingerprint density at radius 3 is 2.71 bits per heavy atom. The van der Waals surface area contributed by atoms with Crippen LogP contribution in [0.25, 0.3) is 0 Å². The van der Waals surface area contributed by atoms with E-state index in [1.165, 1.54) is 0 Å². The van der Waals surface area contributed by atoms with Crippen LogP contribution in [0.15, 0.2) is 0 Å². The van der Waals surface area contributed by atoms with Gasteiger partial charge in [-0.05, 0) is 30.6 Å². The molecule has 1 N–H and O–H groups in total. The van der Waals surface area contributed by atoms with Crippen molar-refractivity contribution in [3.8, 4) is 0 Å². The number of hydrogen-bond donors (Lipinski definition) is 1. The van der Waals surface area contributed by atoms with E-state index in [2.05, 4.69) is 6.92 Å². The summed E-state index contributed by atoms with van der Waals surface area (Å²) >= 11 is 0. The fraction of sp³-hybridized carbons (Fsp3) is 0.923. The predicted molar refractivity (Wildman–Crippen MR) is 64.5 cm³/mol. The lowest BCUT2D eigenvalue weighted by molar-refractivity contribution is -0.134. The lowest BCUT2D eigenvalue weighted by atomic mass is 9.81. The van der Waals surface area contributed by atoms with Crippen LogP contribution >= 0.6 is 0 Å². The summed E-state index contributed by atoms with van der Waals surface area (Å²) in [7, 11) is 0. The Bertz CT molecular complexity index is 266. The molecule has 0 aliphatic carbocycles. The quantitative estimate of drug-likeness (QED) is 0.803. The Morgan fingerprint density at radius 2 is 2.18 bits per heavy atom. The van der Waals surface area contributed by atoms with Gasteiger partial charge >= 0.3 is 0 Å². The first-order valence-corrected chi connectivity index (χ1v) is 6.59. The van der Waals surface area contributed by atoms with Gasteiger partial charge in [-0.15, -0.1) is 0 Å². The third-order valence-corrected chi connectivity index (χ3v) is 4.19. The van der Waals surface area contributed by atoms with Crippen LogP contribution < -0.4 is 0 Å². The zero-order chi connectivity index (χ0) is 12.3. The molecular weight excluding hydrogens is 218 g/mol. The monoisotopic (exact) mass is 241 g/mol. The summed E-state index contributed by atoms with van der Waals surface area (Å²) in [5.41, 5.74) is 0.0211. The van der Waals surface area contributed by atoms with Gasteiger partial charge < -0.3 is 14.7 Å². The molecule has 0 aromatic carbocycles. The zero-order valence-electron chi connectivity index (χ0n) is 10.7. The standard InChI is InChI=1S/C13H23NO3/c1-13(10-15)3-5-14(6-4-13)12(16)8-11-2-7-17-9-11/h11,15H,2-10H2,1H3. The highest BCUT2D eigenvalue weighted by Crippen LogP contribution is 2.30. The maximum absolute atomic E-state index is 12.1. The van der Waals surface area contributed by atoms with Crippen LogP contribution in [0.4, 0.5) is 0 Å².